The Morgan fingerprint density at radius 3 is 2.32 bits per heavy atom. The van der Waals surface area contributed by atoms with Crippen LogP contribution in [0.15, 0.2) is 23.1 Å². The van der Waals surface area contributed by atoms with Gasteiger partial charge in [0, 0.05) is 5.92 Å². The molecule has 3 N–H and O–H groups in total. The van der Waals surface area contributed by atoms with E-state index in [9.17, 15) is 17.6 Å². The molecule has 0 heterocycles. The van der Waals surface area contributed by atoms with Crippen LogP contribution in [0.2, 0.25) is 0 Å². The zero-order valence-corrected chi connectivity index (χ0v) is 11.8. The largest absolute Gasteiger partial charge is 0.323 e. The summed E-state index contributed by atoms with van der Waals surface area (Å²) < 4.78 is 35.8. The van der Waals surface area contributed by atoms with Crippen LogP contribution < -0.4 is 10.5 Å². The minimum Gasteiger partial charge on any atom is -0.323 e. The van der Waals surface area contributed by atoms with E-state index >= 15 is 0 Å². The van der Waals surface area contributed by atoms with Crippen LogP contribution >= 0.6 is 0 Å². The van der Waals surface area contributed by atoms with Crippen molar-refractivity contribution >= 4 is 21.6 Å². The summed E-state index contributed by atoms with van der Waals surface area (Å²) in [5.41, 5.74) is -0.0649. The summed E-state index contributed by atoms with van der Waals surface area (Å²) in [7, 11) is -3.95. The van der Waals surface area contributed by atoms with Crippen molar-refractivity contribution in [2.45, 2.75) is 25.7 Å². The summed E-state index contributed by atoms with van der Waals surface area (Å²) in [6, 6.07) is 3.11. The quantitative estimate of drug-likeness (QED) is 0.883. The molecule has 5 nitrogen and oxygen atoms in total. The summed E-state index contributed by atoms with van der Waals surface area (Å²) in [6.45, 7) is 5.49. The number of halogens is 1. The first-order chi connectivity index (χ1) is 8.62. The van der Waals surface area contributed by atoms with Crippen molar-refractivity contribution in [3.05, 3.63) is 24.0 Å². The van der Waals surface area contributed by atoms with Crippen molar-refractivity contribution in [1.29, 1.82) is 0 Å². The van der Waals surface area contributed by atoms with Crippen LogP contribution in [-0.2, 0) is 14.8 Å². The molecule has 1 aromatic rings. The molecule has 1 rings (SSSR count). The molecular weight excluding hydrogens is 271 g/mol. The van der Waals surface area contributed by atoms with Crippen molar-refractivity contribution in [3.63, 3.8) is 0 Å². The van der Waals surface area contributed by atoms with Crippen LogP contribution in [0, 0.1) is 17.7 Å². The van der Waals surface area contributed by atoms with Gasteiger partial charge in [0.05, 0.1) is 10.6 Å². The number of rotatable bonds is 4. The van der Waals surface area contributed by atoms with E-state index < -0.39 is 15.8 Å². The third-order valence-electron chi connectivity index (χ3n) is 2.94. The smallest absolute Gasteiger partial charge is 0.238 e. The third-order valence-corrected chi connectivity index (χ3v) is 3.85. The van der Waals surface area contributed by atoms with Gasteiger partial charge in [-0.1, -0.05) is 20.8 Å². The Morgan fingerprint density at radius 2 is 1.89 bits per heavy atom. The normalized spacial score (nSPS) is 13.4. The van der Waals surface area contributed by atoms with E-state index in [0.29, 0.717) is 0 Å². The molecule has 0 aliphatic carbocycles. The molecular formula is C12H17FN2O3S. The van der Waals surface area contributed by atoms with Gasteiger partial charge in [0.1, 0.15) is 5.82 Å². The molecule has 0 aliphatic rings. The van der Waals surface area contributed by atoms with Crippen molar-refractivity contribution in [2.75, 3.05) is 5.32 Å². The molecule has 19 heavy (non-hydrogen) atoms. The topological polar surface area (TPSA) is 89.3 Å². The second-order valence-corrected chi connectivity index (χ2v) is 6.27. The number of anilines is 1. The molecule has 0 saturated heterocycles. The summed E-state index contributed by atoms with van der Waals surface area (Å²) in [5.74, 6) is -1.32. The maximum atomic E-state index is 13.7. The molecule has 106 valence electrons. The van der Waals surface area contributed by atoms with Crippen LogP contribution in [0.1, 0.15) is 20.8 Å². The number of primary sulfonamides is 1. The summed E-state index contributed by atoms with van der Waals surface area (Å²) in [5, 5.41) is 7.30. The monoisotopic (exact) mass is 288 g/mol. The maximum Gasteiger partial charge on any atom is 0.238 e. The average molecular weight is 288 g/mol. The van der Waals surface area contributed by atoms with E-state index in [0.717, 1.165) is 12.1 Å². The average Bonchev–Trinajstić information content (AvgIpc) is 2.29. The van der Waals surface area contributed by atoms with Gasteiger partial charge in [0.25, 0.3) is 0 Å². The van der Waals surface area contributed by atoms with Gasteiger partial charge in [0.15, 0.2) is 0 Å². The zero-order chi connectivity index (χ0) is 14.8. The fraction of sp³-hybridized carbons (Fsp3) is 0.417. The van der Waals surface area contributed by atoms with Crippen LogP contribution in [-0.4, -0.2) is 14.3 Å². The van der Waals surface area contributed by atoms with Crippen LogP contribution in [0.25, 0.3) is 0 Å². The fourth-order valence-corrected chi connectivity index (χ4v) is 1.85. The second kappa shape index (κ2) is 5.66. The van der Waals surface area contributed by atoms with E-state index in [1.54, 1.807) is 6.92 Å². The van der Waals surface area contributed by atoms with E-state index in [2.05, 4.69) is 5.32 Å². The SMILES string of the molecule is CC(C)C(C)C(=O)Nc1ccc(S(N)(=O)=O)cc1F. The first-order valence-electron chi connectivity index (χ1n) is 5.76. The van der Waals surface area contributed by atoms with E-state index in [-0.39, 0.29) is 28.3 Å². The zero-order valence-electron chi connectivity index (χ0n) is 11.0. The van der Waals surface area contributed by atoms with Crippen molar-refractivity contribution < 1.29 is 17.6 Å². The number of amides is 1. The number of nitrogens with one attached hydrogen (secondary N) is 1. The lowest BCUT2D eigenvalue weighted by atomic mass is 9.97. The van der Waals surface area contributed by atoms with Crippen LogP contribution in [0.4, 0.5) is 10.1 Å². The van der Waals surface area contributed by atoms with Gasteiger partial charge in [-0.3, -0.25) is 4.79 Å². The summed E-state index contributed by atoms with van der Waals surface area (Å²) in [4.78, 5) is 11.4. The Bertz CT molecular complexity index is 585. The molecule has 1 unspecified atom stereocenters. The van der Waals surface area contributed by atoms with Crippen molar-refractivity contribution in [2.24, 2.45) is 17.0 Å². The summed E-state index contributed by atoms with van der Waals surface area (Å²) >= 11 is 0. The Labute approximate surface area is 112 Å². The molecule has 0 aromatic heterocycles. The van der Waals surface area contributed by atoms with Gasteiger partial charge < -0.3 is 5.32 Å². The molecule has 0 fully saturated rings. The lowest BCUT2D eigenvalue weighted by molar-refractivity contribution is -0.120. The van der Waals surface area contributed by atoms with Crippen LogP contribution in [0.5, 0.6) is 0 Å². The molecule has 0 saturated carbocycles. The van der Waals surface area contributed by atoms with Gasteiger partial charge in [-0.05, 0) is 24.1 Å². The highest BCUT2D eigenvalue weighted by molar-refractivity contribution is 7.89. The van der Waals surface area contributed by atoms with Gasteiger partial charge in [-0.15, -0.1) is 0 Å². The van der Waals surface area contributed by atoms with Gasteiger partial charge in [-0.25, -0.2) is 17.9 Å². The molecule has 1 aromatic carbocycles. The van der Waals surface area contributed by atoms with Gasteiger partial charge in [0.2, 0.25) is 15.9 Å². The molecule has 0 radical (unpaired) electrons. The van der Waals surface area contributed by atoms with E-state index in [4.69, 9.17) is 5.14 Å². The standard InChI is InChI=1S/C12H17FN2O3S/c1-7(2)8(3)12(16)15-11-5-4-9(6-10(11)13)19(14,17)18/h4-8H,1-3H3,(H,15,16)(H2,14,17,18). The Morgan fingerprint density at radius 1 is 1.32 bits per heavy atom. The number of carbonyl (C=O) groups is 1. The minimum atomic E-state index is -3.95. The molecule has 0 spiro atoms. The number of carbonyl (C=O) groups excluding carboxylic acids is 1. The minimum absolute atomic E-state index is 0.0649. The molecule has 0 aliphatic heterocycles. The van der Waals surface area contributed by atoms with E-state index in [1.165, 1.54) is 6.07 Å². The molecule has 7 heteroatoms. The number of sulfonamides is 1. The number of hydrogen-bond donors (Lipinski definition) is 2. The first kappa shape index (κ1) is 15.6. The maximum absolute atomic E-state index is 13.7. The predicted octanol–water partition coefficient (Wildman–Crippen LogP) is 1.70. The highest BCUT2D eigenvalue weighted by Crippen LogP contribution is 2.20. The molecule has 1 atom stereocenters. The molecule has 1 amide bonds. The third kappa shape index (κ3) is 4.00. The van der Waals surface area contributed by atoms with Gasteiger partial charge in [-0.2, -0.15) is 0 Å². The fourth-order valence-electron chi connectivity index (χ4n) is 1.32. The highest BCUT2D eigenvalue weighted by Gasteiger charge is 2.19. The van der Waals surface area contributed by atoms with Crippen LogP contribution in [0.3, 0.4) is 0 Å². The second-order valence-electron chi connectivity index (χ2n) is 4.71. The number of nitrogens with two attached hydrogens (primary N) is 1. The lowest BCUT2D eigenvalue weighted by Crippen LogP contribution is -2.24. The molecule has 0 bridgehead atoms. The predicted molar refractivity (Wildman–Crippen MR) is 70.4 cm³/mol. The number of benzene rings is 1. The van der Waals surface area contributed by atoms with Crippen molar-refractivity contribution in [3.8, 4) is 0 Å². The lowest BCUT2D eigenvalue weighted by Gasteiger charge is -2.15. The van der Waals surface area contributed by atoms with Crippen molar-refractivity contribution in [1.82, 2.24) is 0 Å². The Balaban J connectivity index is 2.96. The van der Waals surface area contributed by atoms with Gasteiger partial charge >= 0.3 is 0 Å². The summed E-state index contributed by atoms with van der Waals surface area (Å²) in [6.07, 6.45) is 0. The van der Waals surface area contributed by atoms with E-state index in [1.807, 2.05) is 13.8 Å². The Hall–Kier alpha value is -1.47. The first-order valence-corrected chi connectivity index (χ1v) is 7.30. The number of hydrogen-bond acceptors (Lipinski definition) is 3. The highest BCUT2D eigenvalue weighted by atomic mass is 32.2. The Kier molecular flexibility index (Phi) is 4.65.